The summed E-state index contributed by atoms with van der Waals surface area (Å²) in [6.45, 7) is 8.03. The summed E-state index contributed by atoms with van der Waals surface area (Å²) in [4.78, 5) is 0. The van der Waals surface area contributed by atoms with Crippen LogP contribution in [-0.4, -0.2) is 27.6 Å². The average Bonchev–Trinajstić information content (AvgIpc) is 3.34. The molecule has 0 aromatic heterocycles. The van der Waals surface area contributed by atoms with Crippen molar-refractivity contribution in [1.82, 2.24) is 5.06 Å². The quantitative estimate of drug-likeness (QED) is 0.338. The Hall–Kier alpha value is 1.42. The number of rotatable bonds is 1. The lowest BCUT2D eigenvalue weighted by Gasteiger charge is -2.33. The zero-order chi connectivity index (χ0) is 19.7. The molecule has 1 radical (unpaired) electrons. The third-order valence-corrected chi connectivity index (χ3v) is 16.5. The van der Waals surface area contributed by atoms with Gasteiger partial charge in [0, 0.05) is 11.5 Å². The van der Waals surface area contributed by atoms with E-state index in [9.17, 15) is 5.21 Å². The molecule has 0 aromatic carbocycles. The van der Waals surface area contributed by atoms with E-state index in [2.05, 4.69) is 12.2 Å². The van der Waals surface area contributed by atoms with Crippen molar-refractivity contribution in [3.63, 3.8) is 0 Å². The molecule has 10 heteroatoms. The highest BCUT2D eigenvalue weighted by atomic mass is 32.3. The Bertz CT molecular complexity index is 869. The van der Waals surface area contributed by atoms with Gasteiger partial charge in [-0.15, -0.1) is 33.8 Å². The Kier molecular flexibility index (Phi) is 5.91. The van der Waals surface area contributed by atoms with Crippen LogP contribution in [0.3, 0.4) is 0 Å². The van der Waals surface area contributed by atoms with Gasteiger partial charge in [-0.1, -0.05) is 76.6 Å². The van der Waals surface area contributed by atoms with Crippen LogP contribution in [0.5, 0.6) is 0 Å². The molecule has 0 unspecified atom stereocenters. The molecule has 0 atom stereocenters. The fourth-order valence-corrected chi connectivity index (χ4v) is 15.9. The van der Waals surface area contributed by atoms with Gasteiger partial charge >= 0.3 is 0 Å². The first-order valence-corrected chi connectivity index (χ1v) is 15.6. The Balaban J connectivity index is 1.29. The van der Waals surface area contributed by atoms with Crippen molar-refractivity contribution in [2.24, 2.45) is 0 Å². The maximum Gasteiger partial charge on any atom is 0.0718 e. The molecule has 0 N–H and O–H groups in total. The zero-order valence-corrected chi connectivity index (χ0v) is 22.2. The second-order valence-corrected chi connectivity index (χ2v) is 17.8. The van der Waals surface area contributed by atoms with Crippen LogP contribution in [-0.2, 0) is 5.21 Å². The third-order valence-electron chi connectivity index (χ3n) is 4.70. The molecule has 0 saturated heterocycles. The first kappa shape index (κ1) is 21.3. The second-order valence-electron chi connectivity index (χ2n) is 7.60. The topological polar surface area (TPSA) is 23.1 Å². The lowest BCUT2D eigenvalue weighted by atomic mass is 9.97. The van der Waals surface area contributed by atoms with Crippen LogP contribution >= 0.6 is 94.1 Å². The Labute approximate surface area is 200 Å². The molecule has 2 nitrogen and oxygen atoms in total. The number of thioether (sulfide) groups is 8. The van der Waals surface area contributed by atoms with Crippen LogP contribution < -0.4 is 0 Å². The summed E-state index contributed by atoms with van der Waals surface area (Å²) in [5.74, 6) is 2.47. The van der Waals surface area contributed by atoms with Gasteiger partial charge in [-0.05, 0) is 39.3 Å². The molecule has 0 saturated carbocycles. The van der Waals surface area contributed by atoms with Gasteiger partial charge < -0.3 is 0 Å². The average molecular weight is 521 g/mol. The molecule has 0 spiro atoms. The number of hydrogen-bond acceptors (Lipinski definition) is 9. The van der Waals surface area contributed by atoms with Crippen molar-refractivity contribution in [2.45, 2.75) is 38.8 Å². The standard InChI is InChI=1S/C18H18NOS8/c1-17(2)8-9(18(3,4)19(17)20)7-10-23-13-14(24-10)28-16(27-13)15-25-11-12(26-15)22-6-5-21-11/h7-8H,5-6H2,1-4H3. The Morgan fingerprint density at radius 3 is 1.71 bits per heavy atom. The van der Waals surface area contributed by atoms with Crippen molar-refractivity contribution < 1.29 is 5.21 Å². The third kappa shape index (κ3) is 3.75. The minimum absolute atomic E-state index is 0.444. The molecular formula is C18H18NOS8. The molecule has 0 fully saturated rings. The van der Waals surface area contributed by atoms with Crippen LogP contribution in [0.2, 0.25) is 0 Å². The molecule has 0 bridgehead atoms. The summed E-state index contributed by atoms with van der Waals surface area (Å²) >= 11 is 15.6. The highest BCUT2D eigenvalue weighted by Crippen LogP contribution is 2.71. The summed E-state index contributed by atoms with van der Waals surface area (Å²) in [5.41, 5.74) is 0.208. The summed E-state index contributed by atoms with van der Waals surface area (Å²) in [6.07, 6.45) is 4.36. The van der Waals surface area contributed by atoms with E-state index in [0.29, 0.717) is 0 Å². The summed E-state index contributed by atoms with van der Waals surface area (Å²) in [6, 6.07) is 0. The van der Waals surface area contributed by atoms with Crippen molar-refractivity contribution in [3.8, 4) is 0 Å². The van der Waals surface area contributed by atoms with Crippen molar-refractivity contribution in [1.29, 1.82) is 0 Å². The van der Waals surface area contributed by atoms with E-state index >= 15 is 0 Å². The van der Waals surface area contributed by atoms with Crippen LogP contribution in [0.1, 0.15) is 27.7 Å². The smallest absolute Gasteiger partial charge is 0.0718 e. The van der Waals surface area contributed by atoms with Gasteiger partial charge in [-0.2, -0.15) is 0 Å². The largest absolute Gasteiger partial charge is 0.136 e. The molecule has 5 heterocycles. The Morgan fingerprint density at radius 1 is 0.786 bits per heavy atom. The van der Waals surface area contributed by atoms with Gasteiger partial charge in [0.2, 0.25) is 0 Å². The molecule has 149 valence electrons. The minimum atomic E-state index is -0.477. The van der Waals surface area contributed by atoms with Crippen LogP contribution in [0, 0.1) is 0 Å². The summed E-state index contributed by atoms with van der Waals surface area (Å²) in [7, 11) is 0. The van der Waals surface area contributed by atoms with Crippen LogP contribution in [0.15, 0.2) is 47.4 Å². The van der Waals surface area contributed by atoms with Crippen molar-refractivity contribution in [3.05, 3.63) is 47.4 Å². The van der Waals surface area contributed by atoms with Gasteiger partial charge in [0.25, 0.3) is 0 Å². The van der Waals surface area contributed by atoms with E-state index in [-0.39, 0.29) is 0 Å². The van der Waals surface area contributed by atoms with E-state index in [1.54, 1.807) is 0 Å². The van der Waals surface area contributed by atoms with E-state index in [1.165, 1.54) is 46.2 Å². The van der Waals surface area contributed by atoms with E-state index in [0.717, 1.165) is 5.57 Å². The van der Waals surface area contributed by atoms with E-state index in [4.69, 9.17) is 0 Å². The fraction of sp³-hybridized carbons (Fsp3) is 0.444. The van der Waals surface area contributed by atoms with Crippen LogP contribution in [0.25, 0.3) is 0 Å². The van der Waals surface area contributed by atoms with Gasteiger partial charge in [0.05, 0.1) is 40.7 Å². The molecule has 0 aromatic rings. The van der Waals surface area contributed by atoms with Gasteiger partial charge in [0.1, 0.15) is 0 Å². The maximum absolute atomic E-state index is 12.6. The van der Waals surface area contributed by atoms with E-state index in [1.807, 2.05) is 122 Å². The molecule has 5 rings (SSSR count). The lowest BCUT2D eigenvalue weighted by Crippen LogP contribution is -2.46. The summed E-state index contributed by atoms with van der Waals surface area (Å²) in [5, 5.41) is 13.8. The van der Waals surface area contributed by atoms with Crippen molar-refractivity contribution >= 4 is 94.1 Å². The van der Waals surface area contributed by atoms with Crippen molar-refractivity contribution in [2.75, 3.05) is 11.5 Å². The van der Waals surface area contributed by atoms with Gasteiger partial charge in [-0.25, -0.2) is 0 Å². The van der Waals surface area contributed by atoms with Crippen LogP contribution in [0.4, 0.5) is 0 Å². The molecule has 28 heavy (non-hydrogen) atoms. The minimum Gasteiger partial charge on any atom is -0.136 e. The SMILES string of the molecule is CC1(C)C=C(C=C2SC3=C(S2)SC(=C2SC4=C(SCCS4)S2)S3)C(C)(C)N1[O]. The van der Waals surface area contributed by atoms with Gasteiger partial charge in [0.15, 0.2) is 0 Å². The van der Waals surface area contributed by atoms with Gasteiger partial charge in [-0.3, -0.25) is 0 Å². The number of hydroxylamine groups is 2. The second kappa shape index (κ2) is 7.78. The number of nitrogens with zero attached hydrogens (tertiary/aromatic N) is 1. The normalized spacial score (nSPS) is 29.0. The predicted molar refractivity (Wildman–Crippen MR) is 138 cm³/mol. The fourth-order valence-electron chi connectivity index (χ4n) is 3.34. The molecule has 5 aliphatic heterocycles. The molecule has 0 amide bonds. The zero-order valence-electron chi connectivity index (χ0n) is 15.7. The predicted octanol–water partition coefficient (Wildman–Crippen LogP) is 8.27. The monoisotopic (exact) mass is 520 g/mol. The maximum atomic E-state index is 12.6. The highest BCUT2D eigenvalue weighted by molar-refractivity contribution is 8.49. The summed E-state index contributed by atoms with van der Waals surface area (Å²) < 4.78 is 10.0. The Morgan fingerprint density at radius 2 is 1.25 bits per heavy atom. The first-order chi connectivity index (χ1) is 13.2. The number of hydrogen-bond donors (Lipinski definition) is 0. The highest BCUT2D eigenvalue weighted by Gasteiger charge is 2.46. The molecule has 5 aliphatic rings. The van der Waals surface area contributed by atoms with E-state index < -0.39 is 11.1 Å². The molecular weight excluding hydrogens is 503 g/mol. The molecule has 0 aliphatic carbocycles. The first-order valence-electron chi connectivity index (χ1n) is 8.72. The lowest BCUT2D eigenvalue weighted by molar-refractivity contribution is -0.238.